The summed E-state index contributed by atoms with van der Waals surface area (Å²) in [6.07, 6.45) is 1.67. The van der Waals surface area contributed by atoms with Crippen LogP contribution in [0.4, 0.5) is 5.69 Å². The van der Waals surface area contributed by atoms with E-state index in [9.17, 15) is 10.1 Å². The van der Waals surface area contributed by atoms with Gasteiger partial charge in [-0.3, -0.25) is 15.1 Å². The summed E-state index contributed by atoms with van der Waals surface area (Å²) in [6.45, 7) is 0. The van der Waals surface area contributed by atoms with Crippen LogP contribution in [0.5, 0.6) is 0 Å². The third-order valence-corrected chi connectivity index (χ3v) is 3.42. The van der Waals surface area contributed by atoms with Gasteiger partial charge in [0.2, 0.25) is 0 Å². The molecule has 1 heterocycles. The Morgan fingerprint density at radius 3 is 2.70 bits per heavy atom. The van der Waals surface area contributed by atoms with Gasteiger partial charge in [0.05, 0.1) is 15.6 Å². The van der Waals surface area contributed by atoms with E-state index in [1.165, 1.54) is 18.2 Å². The Kier molecular flexibility index (Phi) is 3.08. The topological polar surface area (TPSA) is 56.0 Å². The van der Waals surface area contributed by atoms with Crippen LogP contribution in [0.3, 0.4) is 0 Å². The third kappa shape index (κ3) is 2.10. The fraction of sp³-hybridized carbons (Fsp3) is 0. The Morgan fingerprint density at radius 2 is 1.90 bits per heavy atom. The Bertz CT molecular complexity index is 813. The summed E-state index contributed by atoms with van der Waals surface area (Å²) in [5.41, 5.74) is 1.22. The van der Waals surface area contributed by atoms with Crippen molar-refractivity contribution in [2.75, 3.05) is 0 Å². The van der Waals surface area contributed by atoms with Crippen molar-refractivity contribution in [3.63, 3.8) is 0 Å². The number of nitro benzene ring substituents is 1. The van der Waals surface area contributed by atoms with Gasteiger partial charge in [-0.2, -0.15) is 0 Å². The van der Waals surface area contributed by atoms with E-state index in [0.29, 0.717) is 16.3 Å². The first kappa shape index (κ1) is 12.6. The summed E-state index contributed by atoms with van der Waals surface area (Å²) in [7, 11) is 0. The molecule has 5 heteroatoms. The predicted octanol–water partition coefficient (Wildman–Crippen LogP) is 4.46. The summed E-state index contributed by atoms with van der Waals surface area (Å²) in [5, 5.41) is 13.3. The van der Waals surface area contributed by atoms with Crippen molar-refractivity contribution < 1.29 is 4.92 Å². The predicted molar refractivity (Wildman–Crippen MR) is 78.8 cm³/mol. The molecule has 0 unspecified atom stereocenters. The van der Waals surface area contributed by atoms with Crippen molar-refractivity contribution >= 4 is 28.1 Å². The maximum atomic E-state index is 10.9. The van der Waals surface area contributed by atoms with Gasteiger partial charge in [-0.1, -0.05) is 35.9 Å². The SMILES string of the molecule is O=[N+]([O-])c1ccc(Cl)c(-c2nccc3ccccc23)c1. The number of hydrogen-bond donors (Lipinski definition) is 0. The molecule has 0 saturated carbocycles. The zero-order valence-electron chi connectivity index (χ0n) is 10.3. The van der Waals surface area contributed by atoms with E-state index < -0.39 is 4.92 Å². The van der Waals surface area contributed by atoms with Crippen molar-refractivity contribution in [1.29, 1.82) is 0 Å². The third-order valence-electron chi connectivity index (χ3n) is 3.09. The van der Waals surface area contributed by atoms with Crippen molar-refractivity contribution in [2.24, 2.45) is 0 Å². The fourth-order valence-corrected chi connectivity index (χ4v) is 2.35. The lowest BCUT2D eigenvalue weighted by atomic mass is 10.0. The minimum absolute atomic E-state index is 0.000802. The summed E-state index contributed by atoms with van der Waals surface area (Å²) in [5.74, 6) is 0. The highest BCUT2D eigenvalue weighted by Gasteiger charge is 2.14. The molecule has 2 aromatic carbocycles. The second-order valence-electron chi connectivity index (χ2n) is 4.30. The molecule has 1 aromatic heterocycles. The molecule has 0 fully saturated rings. The minimum atomic E-state index is -0.440. The summed E-state index contributed by atoms with van der Waals surface area (Å²) in [6, 6.07) is 14.0. The van der Waals surface area contributed by atoms with Crippen LogP contribution in [0.1, 0.15) is 0 Å². The molecule has 20 heavy (non-hydrogen) atoms. The molecule has 3 rings (SSSR count). The fourth-order valence-electron chi connectivity index (χ4n) is 2.14. The maximum Gasteiger partial charge on any atom is 0.270 e. The van der Waals surface area contributed by atoms with E-state index in [-0.39, 0.29) is 5.69 Å². The smallest absolute Gasteiger partial charge is 0.258 e. The van der Waals surface area contributed by atoms with Gasteiger partial charge in [0.15, 0.2) is 0 Å². The molecule has 0 aliphatic heterocycles. The van der Waals surface area contributed by atoms with E-state index in [0.717, 1.165) is 10.8 Å². The minimum Gasteiger partial charge on any atom is -0.258 e. The Hall–Kier alpha value is -2.46. The van der Waals surface area contributed by atoms with E-state index in [1.54, 1.807) is 6.20 Å². The first-order valence-corrected chi connectivity index (χ1v) is 6.32. The second-order valence-corrected chi connectivity index (χ2v) is 4.71. The molecule has 3 aromatic rings. The molecule has 0 bridgehead atoms. The zero-order chi connectivity index (χ0) is 14.1. The van der Waals surface area contributed by atoms with Crippen molar-refractivity contribution in [1.82, 2.24) is 4.98 Å². The number of pyridine rings is 1. The number of nitrogens with zero attached hydrogens (tertiary/aromatic N) is 2. The standard InChI is InChI=1S/C15H9ClN2O2/c16-14-6-5-11(18(19)20)9-13(14)15-12-4-2-1-3-10(12)7-8-17-15/h1-9H. The molecule has 0 saturated heterocycles. The second kappa shape index (κ2) is 4.90. The van der Waals surface area contributed by atoms with Gasteiger partial charge in [0.1, 0.15) is 0 Å². The van der Waals surface area contributed by atoms with Gasteiger partial charge < -0.3 is 0 Å². The summed E-state index contributed by atoms with van der Waals surface area (Å²) < 4.78 is 0. The molecular weight excluding hydrogens is 276 g/mol. The quantitative estimate of drug-likeness (QED) is 0.515. The average Bonchev–Trinajstić information content (AvgIpc) is 2.47. The van der Waals surface area contributed by atoms with Crippen LogP contribution >= 0.6 is 11.6 Å². The highest BCUT2D eigenvalue weighted by molar-refractivity contribution is 6.33. The van der Waals surface area contributed by atoms with Crippen molar-refractivity contribution in [3.8, 4) is 11.3 Å². The van der Waals surface area contributed by atoms with Gasteiger partial charge in [-0.05, 0) is 17.5 Å². The van der Waals surface area contributed by atoms with E-state index in [4.69, 9.17) is 11.6 Å². The molecule has 0 amide bonds. The summed E-state index contributed by atoms with van der Waals surface area (Å²) >= 11 is 6.17. The Labute approximate surface area is 119 Å². The molecular formula is C15H9ClN2O2. The van der Waals surface area contributed by atoms with Crippen LogP contribution in [0, 0.1) is 10.1 Å². The number of fused-ring (bicyclic) bond motifs is 1. The number of aromatic nitrogens is 1. The monoisotopic (exact) mass is 284 g/mol. The van der Waals surface area contributed by atoms with Crippen molar-refractivity contribution in [3.05, 3.63) is 69.9 Å². The van der Waals surface area contributed by atoms with E-state index >= 15 is 0 Å². The van der Waals surface area contributed by atoms with Crippen LogP contribution in [-0.2, 0) is 0 Å². The molecule has 0 N–H and O–H groups in total. The molecule has 98 valence electrons. The van der Waals surface area contributed by atoms with Gasteiger partial charge in [0, 0.05) is 29.3 Å². The highest BCUT2D eigenvalue weighted by Crippen LogP contribution is 2.34. The molecule has 0 aliphatic carbocycles. The highest BCUT2D eigenvalue weighted by atomic mass is 35.5. The van der Waals surface area contributed by atoms with Gasteiger partial charge in [-0.15, -0.1) is 0 Å². The lowest BCUT2D eigenvalue weighted by Crippen LogP contribution is -1.91. The van der Waals surface area contributed by atoms with E-state index in [1.807, 2.05) is 30.3 Å². The first-order chi connectivity index (χ1) is 9.66. The van der Waals surface area contributed by atoms with Crippen LogP contribution in [-0.4, -0.2) is 9.91 Å². The first-order valence-electron chi connectivity index (χ1n) is 5.95. The zero-order valence-corrected chi connectivity index (χ0v) is 11.0. The molecule has 0 aliphatic rings. The number of benzene rings is 2. The van der Waals surface area contributed by atoms with Crippen molar-refractivity contribution in [2.45, 2.75) is 0 Å². The van der Waals surface area contributed by atoms with Crippen LogP contribution in [0.25, 0.3) is 22.0 Å². The number of rotatable bonds is 2. The van der Waals surface area contributed by atoms with Gasteiger partial charge in [-0.25, -0.2) is 0 Å². The Morgan fingerprint density at radius 1 is 1.10 bits per heavy atom. The molecule has 0 radical (unpaired) electrons. The number of non-ortho nitro benzene ring substituents is 1. The lowest BCUT2D eigenvalue weighted by Gasteiger charge is -2.07. The van der Waals surface area contributed by atoms with Gasteiger partial charge in [0.25, 0.3) is 5.69 Å². The van der Waals surface area contributed by atoms with Crippen LogP contribution in [0.15, 0.2) is 54.7 Å². The normalized spacial score (nSPS) is 10.7. The van der Waals surface area contributed by atoms with Crippen LogP contribution < -0.4 is 0 Å². The van der Waals surface area contributed by atoms with Crippen LogP contribution in [0.2, 0.25) is 5.02 Å². The molecule has 4 nitrogen and oxygen atoms in total. The summed E-state index contributed by atoms with van der Waals surface area (Å²) in [4.78, 5) is 14.8. The van der Waals surface area contributed by atoms with E-state index in [2.05, 4.69) is 4.98 Å². The number of nitro groups is 1. The van der Waals surface area contributed by atoms with Gasteiger partial charge >= 0.3 is 0 Å². The average molecular weight is 285 g/mol. The molecule has 0 spiro atoms. The maximum absolute atomic E-state index is 10.9. The Balaban J connectivity index is 2.30. The lowest BCUT2D eigenvalue weighted by molar-refractivity contribution is -0.384. The number of hydrogen-bond acceptors (Lipinski definition) is 3. The molecule has 0 atom stereocenters. The number of halogens is 1. The largest absolute Gasteiger partial charge is 0.270 e.